The number of hydrogen-bond donors (Lipinski definition) is 2. The summed E-state index contributed by atoms with van der Waals surface area (Å²) in [4.78, 5) is 35.6. The molecule has 0 aliphatic carbocycles. The van der Waals surface area contributed by atoms with Gasteiger partial charge in [-0.25, -0.2) is 0 Å². The second-order valence-electron chi connectivity index (χ2n) is 6.77. The molecule has 0 unspecified atom stereocenters. The van der Waals surface area contributed by atoms with Crippen molar-refractivity contribution in [3.05, 3.63) is 94.9 Å². The van der Waals surface area contributed by atoms with Gasteiger partial charge in [0.05, 0.1) is 11.3 Å². The lowest BCUT2D eigenvalue weighted by atomic mass is 10.0. The molecule has 0 spiro atoms. The van der Waals surface area contributed by atoms with Crippen LogP contribution in [0.2, 0.25) is 0 Å². The molecule has 6 heteroatoms. The number of nitrogens with one attached hydrogen (secondary N) is 2. The molecule has 3 amide bonds. The van der Waals surface area contributed by atoms with E-state index in [1.165, 1.54) is 0 Å². The van der Waals surface area contributed by atoms with Crippen LogP contribution < -0.4 is 10.6 Å². The zero-order valence-electron chi connectivity index (χ0n) is 15.9. The standard InChI is InChI=1S/C24H18N2O3S/c27-22(14-16-5-2-1-3-6-16)25-20-8-4-7-19(15-20)18-11-9-17(10-12-18)13-21-23(28)26-24(29)30-21/h1-13,15H,14H2,(H,25,27)(H,26,28,29)/b21-13+. The monoisotopic (exact) mass is 414 g/mol. The van der Waals surface area contributed by atoms with Crippen molar-refractivity contribution in [2.75, 3.05) is 5.32 Å². The average Bonchev–Trinajstić information content (AvgIpc) is 3.06. The third-order valence-corrected chi connectivity index (χ3v) is 5.35. The number of hydrogen-bond acceptors (Lipinski definition) is 4. The first-order valence-corrected chi connectivity index (χ1v) is 10.2. The number of rotatable bonds is 5. The van der Waals surface area contributed by atoms with Crippen LogP contribution in [-0.4, -0.2) is 17.1 Å². The summed E-state index contributed by atoms with van der Waals surface area (Å²) in [5, 5.41) is 4.83. The van der Waals surface area contributed by atoms with E-state index in [4.69, 9.17) is 0 Å². The lowest BCUT2D eigenvalue weighted by Crippen LogP contribution is -2.17. The average molecular weight is 414 g/mol. The zero-order valence-corrected chi connectivity index (χ0v) is 16.7. The van der Waals surface area contributed by atoms with Crippen molar-refractivity contribution in [3.63, 3.8) is 0 Å². The van der Waals surface area contributed by atoms with Crippen LogP contribution in [-0.2, 0) is 16.0 Å². The molecule has 3 aromatic carbocycles. The largest absolute Gasteiger partial charge is 0.326 e. The summed E-state index contributed by atoms with van der Waals surface area (Å²) in [5.74, 6) is -0.435. The molecule has 0 saturated carbocycles. The molecule has 0 bridgehead atoms. The molecule has 1 aliphatic rings. The molecule has 1 aliphatic heterocycles. The molecule has 4 rings (SSSR count). The van der Waals surface area contributed by atoms with Gasteiger partial charge in [-0.1, -0.05) is 66.7 Å². The van der Waals surface area contributed by atoms with Gasteiger partial charge in [0.15, 0.2) is 0 Å². The number of benzene rings is 3. The van der Waals surface area contributed by atoms with Crippen molar-refractivity contribution in [1.29, 1.82) is 0 Å². The Bertz CT molecular complexity index is 1140. The van der Waals surface area contributed by atoms with Crippen LogP contribution in [0.25, 0.3) is 17.2 Å². The molecular weight excluding hydrogens is 396 g/mol. The molecule has 2 N–H and O–H groups in total. The van der Waals surface area contributed by atoms with E-state index in [1.807, 2.05) is 78.9 Å². The van der Waals surface area contributed by atoms with Gasteiger partial charge in [0, 0.05) is 5.69 Å². The predicted molar refractivity (Wildman–Crippen MR) is 120 cm³/mol. The highest BCUT2D eigenvalue weighted by atomic mass is 32.2. The number of anilines is 1. The summed E-state index contributed by atoms with van der Waals surface area (Å²) in [6.45, 7) is 0. The van der Waals surface area contributed by atoms with E-state index in [-0.39, 0.29) is 17.1 Å². The Balaban J connectivity index is 1.46. The molecule has 1 saturated heterocycles. The molecule has 3 aromatic rings. The maximum Gasteiger partial charge on any atom is 0.290 e. The fraction of sp³-hybridized carbons (Fsp3) is 0.0417. The minimum atomic E-state index is -0.368. The second kappa shape index (κ2) is 8.80. The summed E-state index contributed by atoms with van der Waals surface area (Å²) in [6.07, 6.45) is 2.01. The smallest absolute Gasteiger partial charge is 0.290 e. The van der Waals surface area contributed by atoms with E-state index in [1.54, 1.807) is 6.08 Å². The van der Waals surface area contributed by atoms with Gasteiger partial charge in [0.2, 0.25) is 5.91 Å². The topological polar surface area (TPSA) is 75.3 Å². The van der Waals surface area contributed by atoms with Crippen molar-refractivity contribution < 1.29 is 14.4 Å². The highest BCUT2D eigenvalue weighted by Crippen LogP contribution is 2.27. The third-order valence-electron chi connectivity index (χ3n) is 4.54. The zero-order chi connectivity index (χ0) is 20.9. The maximum absolute atomic E-state index is 12.3. The Hall–Kier alpha value is -3.64. The Morgan fingerprint density at radius 1 is 0.900 bits per heavy atom. The molecule has 0 aromatic heterocycles. The van der Waals surface area contributed by atoms with Gasteiger partial charge in [-0.05, 0) is 52.2 Å². The molecule has 5 nitrogen and oxygen atoms in total. The molecule has 0 radical (unpaired) electrons. The maximum atomic E-state index is 12.3. The Morgan fingerprint density at radius 2 is 1.67 bits per heavy atom. The van der Waals surface area contributed by atoms with E-state index in [0.717, 1.165) is 39.7 Å². The number of imide groups is 1. The number of amides is 3. The van der Waals surface area contributed by atoms with Crippen molar-refractivity contribution >= 4 is 40.6 Å². The third kappa shape index (κ3) is 4.85. The summed E-state index contributed by atoms with van der Waals surface area (Å²) >= 11 is 0.898. The van der Waals surface area contributed by atoms with Crippen molar-refractivity contribution in [1.82, 2.24) is 5.32 Å². The fourth-order valence-electron chi connectivity index (χ4n) is 3.11. The summed E-state index contributed by atoms with van der Waals surface area (Å²) in [5.41, 5.74) is 4.48. The quantitative estimate of drug-likeness (QED) is 0.585. The van der Waals surface area contributed by atoms with Gasteiger partial charge in [0.25, 0.3) is 11.1 Å². The minimum Gasteiger partial charge on any atom is -0.326 e. The van der Waals surface area contributed by atoms with E-state index in [9.17, 15) is 14.4 Å². The molecule has 0 atom stereocenters. The fourth-order valence-corrected chi connectivity index (χ4v) is 3.79. The van der Waals surface area contributed by atoms with Crippen LogP contribution in [0.4, 0.5) is 10.5 Å². The van der Waals surface area contributed by atoms with Gasteiger partial charge < -0.3 is 5.32 Å². The van der Waals surface area contributed by atoms with E-state index >= 15 is 0 Å². The number of carbonyl (C=O) groups is 3. The lowest BCUT2D eigenvalue weighted by molar-refractivity contribution is -0.116. The first-order valence-electron chi connectivity index (χ1n) is 9.36. The van der Waals surface area contributed by atoms with Crippen LogP contribution in [0.15, 0.2) is 83.8 Å². The van der Waals surface area contributed by atoms with Gasteiger partial charge >= 0.3 is 0 Å². The number of carbonyl (C=O) groups excluding carboxylic acids is 3. The Morgan fingerprint density at radius 3 is 2.37 bits per heavy atom. The minimum absolute atomic E-state index is 0.0674. The van der Waals surface area contributed by atoms with Crippen LogP contribution in [0.1, 0.15) is 11.1 Å². The molecule has 1 fully saturated rings. The summed E-state index contributed by atoms with van der Waals surface area (Å²) < 4.78 is 0. The van der Waals surface area contributed by atoms with Gasteiger partial charge in [-0.2, -0.15) is 0 Å². The Labute approximate surface area is 178 Å². The van der Waals surface area contributed by atoms with E-state index in [2.05, 4.69) is 10.6 Å². The Kier molecular flexibility index (Phi) is 5.77. The second-order valence-corrected chi connectivity index (χ2v) is 7.78. The van der Waals surface area contributed by atoms with Crippen molar-refractivity contribution in [2.45, 2.75) is 6.42 Å². The molecule has 1 heterocycles. The van der Waals surface area contributed by atoms with Crippen molar-refractivity contribution in [2.24, 2.45) is 0 Å². The van der Waals surface area contributed by atoms with Crippen LogP contribution in [0.5, 0.6) is 0 Å². The van der Waals surface area contributed by atoms with Crippen molar-refractivity contribution in [3.8, 4) is 11.1 Å². The van der Waals surface area contributed by atoms with Gasteiger partial charge in [-0.3, -0.25) is 19.7 Å². The van der Waals surface area contributed by atoms with E-state index < -0.39 is 0 Å². The highest BCUT2D eigenvalue weighted by Gasteiger charge is 2.24. The SMILES string of the molecule is O=C(Cc1ccccc1)Nc1cccc(-c2ccc(/C=C3/SC(=O)NC3=O)cc2)c1. The van der Waals surface area contributed by atoms with E-state index in [0.29, 0.717) is 11.3 Å². The summed E-state index contributed by atoms with van der Waals surface area (Å²) in [6, 6.07) is 24.9. The lowest BCUT2D eigenvalue weighted by Gasteiger charge is -2.08. The first-order chi connectivity index (χ1) is 14.6. The number of thioether (sulfide) groups is 1. The normalized spacial score (nSPS) is 14.6. The molecule has 148 valence electrons. The summed E-state index contributed by atoms with van der Waals surface area (Å²) in [7, 11) is 0. The first kappa shape index (κ1) is 19.7. The van der Waals surface area contributed by atoms with Crippen LogP contribution in [0, 0.1) is 0 Å². The highest BCUT2D eigenvalue weighted by molar-refractivity contribution is 8.18. The van der Waals surface area contributed by atoms with Gasteiger partial charge in [-0.15, -0.1) is 0 Å². The predicted octanol–water partition coefficient (Wildman–Crippen LogP) is 4.86. The molecule has 30 heavy (non-hydrogen) atoms. The van der Waals surface area contributed by atoms with Gasteiger partial charge in [0.1, 0.15) is 0 Å². The van der Waals surface area contributed by atoms with Crippen LogP contribution in [0.3, 0.4) is 0 Å². The van der Waals surface area contributed by atoms with Crippen LogP contribution >= 0.6 is 11.8 Å². The molecular formula is C24H18N2O3S.